The Morgan fingerprint density at radius 1 is 1.18 bits per heavy atom. The van der Waals surface area contributed by atoms with Crippen molar-refractivity contribution in [3.63, 3.8) is 0 Å². The Morgan fingerprint density at radius 2 is 1.91 bits per heavy atom. The number of aromatic nitrogens is 3. The summed E-state index contributed by atoms with van der Waals surface area (Å²) >= 11 is 0. The van der Waals surface area contributed by atoms with Gasteiger partial charge >= 0.3 is 0 Å². The highest BCUT2D eigenvalue weighted by atomic mass is 32.2. The van der Waals surface area contributed by atoms with Crippen molar-refractivity contribution >= 4 is 10.0 Å². The molecule has 2 aromatic rings. The maximum absolute atomic E-state index is 12.8. The predicted octanol–water partition coefficient (Wildman–Crippen LogP) is 1.92. The highest BCUT2D eigenvalue weighted by Crippen LogP contribution is 2.27. The molecule has 0 N–H and O–H groups in total. The molecule has 0 spiro atoms. The Bertz CT molecular complexity index is 748. The zero-order valence-electron chi connectivity index (χ0n) is 12.8. The topological polar surface area (TPSA) is 68.1 Å². The standard InChI is InChI=1S/C15H20N4O2S/c1-12-3-4-15(13(2)11-12)22(20,21)18-8-5-14(6-9-18)19-10-7-16-17-19/h3-4,7,10-11,14H,5-6,8-9H2,1-2H3. The van der Waals surface area contributed by atoms with E-state index in [-0.39, 0.29) is 6.04 Å². The molecule has 0 atom stereocenters. The van der Waals surface area contributed by atoms with E-state index in [1.54, 1.807) is 16.6 Å². The van der Waals surface area contributed by atoms with Gasteiger partial charge in [0.05, 0.1) is 17.1 Å². The molecule has 1 saturated heterocycles. The van der Waals surface area contributed by atoms with Gasteiger partial charge in [0.2, 0.25) is 10.0 Å². The van der Waals surface area contributed by atoms with Crippen LogP contribution in [0.2, 0.25) is 0 Å². The van der Waals surface area contributed by atoms with Gasteiger partial charge in [0.25, 0.3) is 0 Å². The number of hydrogen-bond donors (Lipinski definition) is 0. The molecule has 0 amide bonds. The average molecular weight is 320 g/mol. The van der Waals surface area contributed by atoms with E-state index in [9.17, 15) is 8.42 Å². The van der Waals surface area contributed by atoms with E-state index in [0.717, 1.165) is 24.0 Å². The molecule has 2 heterocycles. The van der Waals surface area contributed by atoms with Crippen LogP contribution in [0.4, 0.5) is 0 Å². The monoisotopic (exact) mass is 320 g/mol. The number of hydrogen-bond acceptors (Lipinski definition) is 4. The second-order valence-corrected chi connectivity index (χ2v) is 7.69. The summed E-state index contributed by atoms with van der Waals surface area (Å²) in [5.74, 6) is 0. The van der Waals surface area contributed by atoms with Gasteiger partial charge in [0.15, 0.2) is 0 Å². The Morgan fingerprint density at radius 3 is 2.50 bits per heavy atom. The van der Waals surface area contributed by atoms with Crippen molar-refractivity contribution in [2.24, 2.45) is 0 Å². The zero-order chi connectivity index (χ0) is 15.7. The molecule has 1 fully saturated rings. The molecule has 6 nitrogen and oxygen atoms in total. The first-order valence-corrected chi connectivity index (χ1v) is 8.86. The van der Waals surface area contributed by atoms with Gasteiger partial charge in [-0.15, -0.1) is 5.10 Å². The SMILES string of the molecule is Cc1ccc(S(=O)(=O)N2CCC(n3ccnn3)CC2)c(C)c1. The number of sulfonamides is 1. The van der Waals surface area contributed by atoms with Gasteiger partial charge in [0.1, 0.15) is 0 Å². The quantitative estimate of drug-likeness (QED) is 0.866. The lowest BCUT2D eigenvalue weighted by molar-refractivity contribution is 0.258. The minimum Gasteiger partial charge on any atom is -0.249 e. The van der Waals surface area contributed by atoms with Crippen LogP contribution in [0.3, 0.4) is 0 Å². The van der Waals surface area contributed by atoms with Crippen molar-refractivity contribution in [2.45, 2.75) is 37.6 Å². The molecular weight excluding hydrogens is 300 g/mol. The van der Waals surface area contributed by atoms with E-state index in [1.807, 2.05) is 36.9 Å². The molecule has 1 aromatic heterocycles. The fourth-order valence-corrected chi connectivity index (χ4v) is 4.66. The van der Waals surface area contributed by atoms with Gasteiger partial charge in [-0.3, -0.25) is 0 Å². The Kier molecular flexibility index (Phi) is 4.01. The van der Waals surface area contributed by atoms with Gasteiger partial charge in [-0.05, 0) is 38.3 Å². The van der Waals surface area contributed by atoms with E-state index in [0.29, 0.717) is 18.0 Å². The van der Waals surface area contributed by atoms with Gasteiger partial charge in [-0.1, -0.05) is 22.9 Å². The maximum Gasteiger partial charge on any atom is 0.243 e. The van der Waals surface area contributed by atoms with Crippen LogP contribution in [0, 0.1) is 13.8 Å². The van der Waals surface area contributed by atoms with Crippen molar-refractivity contribution < 1.29 is 8.42 Å². The first kappa shape index (κ1) is 15.2. The first-order chi connectivity index (χ1) is 10.5. The zero-order valence-corrected chi connectivity index (χ0v) is 13.6. The fourth-order valence-electron chi connectivity index (χ4n) is 2.99. The molecule has 1 aromatic carbocycles. The van der Waals surface area contributed by atoms with Crippen LogP contribution in [0.1, 0.15) is 30.0 Å². The van der Waals surface area contributed by atoms with Crippen molar-refractivity contribution in [1.82, 2.24) is 19.3 Å². The molecule has 3 rings (SSSR count). The van der Waals surface area contributed by atoms with Crippen molar-refractivity contribution in [1.29, 1.82) is 0 Å². The second-order valence-electron chi connectivity index (χ2n) is 5.79. The third-order valence-corrected chi connectivity index (χ3v) is 6.25. The summed E-state index contributed by atoms with van der Waals surface area (Å²) < 4.78 is 29.0. The largest absolute Gasteiger partial charge is 0.249 e. The van der Waals surface area contributed by atoms with Crippen LogP contribution in [-0.2, 0) is 10.0 Å². The summed E-state index contributed by atoms with van der Waals surface area (Å²) in [5.41, 5.74) is 1.87. The van der Waals surface area contributed by atoms with Gasteiger partial charge in [0, 0.05) is 19.3 Å². The number of rotatable bonds is 3. The first-order valence-electron chi connectivity index (χ1n) is 7.41. The minimum atomic E-state index is -3.41. The molecule has 0 radical (unpaired) electrons. The summed E-state index contributed by atoms with van der Waals surface area (Å²) in [6.07, 6.45) is 5.00. The third kappa shape index (κ3) is 2.78. The lowest BCUT2D eigenvalue weighted by Gasteiger charge is -2.31. The van der Waals surface area contributed by atoms with Crippen molar-refractivity contribution in [3.8, 4) is 0 Å². The molecule has 0 saturated carbocycles. The van der Waals surface area contributed by atoms with Crippen LogP contribution in [0.15, 0.2) is 35.5 Å². The number of aryl methyl sites for hydroxylation is 2. The molecule has 1 aliphatic heterocycles. The van der Waals surface area contributed by atoms with Crippen LogP contribution in [0.25, 0.3) is 0 Å². The second kappa shape index (κ2) is 5.81. The van der Waals surface area contributed by atoms with Crippen LogP contribution in [-0.4, -0.2) is 40.8 Å². The van der Waals surface area contributed by atoms with Crippen LogP contribution >= 0.6 is 0 Å². The number of benzene rings is 1. The highest BCUT2D eigenvalue weighted by Gasteiger charge is 2.31. The summed E-state index contributed by atoms with van der Waals surface area (Å²) in [6.45, 7) is 4.84. The summed E-state index contributed by atoms with van der Waals surface area (Å²) in [6, 6.07) is 5.70. The van der Waals surface area contributed by atoms with Crippen LogP contribution in [0.5, 0.6) is 0 Å². The average Bonchev–Trinajstić information content (AvgIpc) is 3.01. The van der Waals surface area contributed by atoms with E-state index in [1.165, 1.54) is 0 Å². The van der Waals surface area contributed by atoms with Crippen molar-refractivity contribution in [3.05, 3.63) is 41.7 Å². The molecule has 7 heteroatoms. The number of piperidine rings is 1. The van der Waals surface area contributed by atoms with Gasteiger partial charge in [-0.25, -0.2) is 13.1 Å². The number of nitrogens with zero attached hydrogens (tertiary/aromatic N) is 4. The van der Waals surface area contributed by atoms with E-state index >= 15 is 0 Å². The summed E-state index contributed by atoms with van der Waals surface area (Å²) in [4.78, 5) is 0.414. The minimum absolute atomic E-state index is 0.230. The molecule has 0 bridgehead atoms. The lowest BCUT2D eigenvalue weighted by Crippen LogP contribution is -2.39. The van der Waals surface area contributed by atoms with Gasteiger partial charge in [-0.2, -0.15) is 4.31 Å². The van der Waals surface area contributed by atoms with Crippen LogP contribution < -0.4 is 0 Å². The van der Waals surface area contributed by atoms with E-state index in [2.05, 4.69) is 10.3 Å². The predicted molar refractivity (Wildman–Crippen MR) is 83.0 cm³/mol. The molecule has 0 aliphatic carbocycles. The molecule has 22 heavy (non-hydrogen) atoms. The molecule has 1 aliphatic rings. The lowest BCUT2D eigenvalue weighted by atomic mass is 10.1. The van der Waals surface area contributed by atoms with E-state index < -0.39 is 10.0 Å². The summed E-state index contributed by atoms with van der Waals surface area (Å²) in [7, 11) is -3.41. The Hall–Kier alpha value is -1.73. The molecule has 0 unspecified atom stereocenters. The Balaban J connectivity index is 1.77. The summed E-state index contributed by atoms with van der Waals surface area (Å²) in [5, 5.41) is 7.82. The molecule has 118 valence electrons. The molecular formula is C15H20N4O2S. The van der Waals surface area contributed by atoms with Gasteiger partial charge < -0.3 is 0 Å². The highest BCUT2D eigenvalue weighted by molar-refractivity contribution is 7.89. The fraction of sp³-hybridized carbons (Fsp3) is 0.467. The van der Waals surface area contributed by atoms with E-state index in [4.69, 9.17) is 0 Å². The smallest absolute Gasteiger partial charge is 0.243 e. The third-order valence-electron chi connectivity index (χ3n) is 4.19. The van der Waals surface area contributed by atoms with Crippen molar-refractivity contribution in [2.75, 3.05) is 13.1 Å². The Labute approximate surface area is 130 Å². The maximum atomic E-state index is 12.8. The normalized spacial score (nSPS) is 17.7.